The lowest BCUT2D eigenvalue weighted by Gasteiger charge is -2.32. The molecule has 0 radical (unpaired) electrons. The van der Waals surface area contributed by atoms with Gasteiger partial charge in [0.25, 0.3) is 0 Å². The van der Waals surface area contributed by atoms with Gasteiger partial charge in [0.05, 0.1) is 0 Å². The first kappa shape index (κ1) is 26.8. The largest absolute Gasteiger partial charge is 0.371 e. The van der Waals surface area contributed by atoms with Gasteiger partial charge >= 0.3 is 0 Å². The van der Waals surface area contributed by atoms with Crippen molar-refractivity contribution in [3.63, 3.8) is 0 Å². The minimum atomic E-state index is 0.757. The Balaban J connectivity index is 1.76. The molecule has 0 atom stereocenters. The third-order valence-corrected chi connectivity index (χ3v) is 7.59. The van der Waals surface area contributed by atoms with Gasteiger partial charge in [0, 0.05) is 42.6 Å². The molecule has 0 saturated carbocycles. The molecule has 2 aromatic rings. The van der Waals surface area contributed by atoms with Crippen molar-refractivity contribution in [3.8, 4) is 0 Å². The molecule has 3 rings (SSSR count). The number of halogens is 1. The van der Waals surface area contributed by atoms with E-state index in [1.165, 1.54) is 36.2 Å². The Morgan fingerprint density at radius 1 is 1.12 bits per heavy atom. The molecule has 1 aliphatic rings. The van der Waals surface area contributed by atoms with Gasteiger partial charge in [-0.15, -0.1) is 0 Å². The number of hydrogen-bond acceptors (Lipinski definition) is 3. The first-order valence-electron chi connectivity index (χ1n) is 12.9. The van der Waals surface area contributed by atoms with Gasteiger partial charge in [0.2, 0.25) is 0 Å². The minimum Gasteiger partial charge on any atom is -0.371 e. The van der Waals surface area contributed by atoms with Crippen LogP contribution in [0.3, 0.4) is 0 Å². The van der Waals surface area contributed by atoms with E-state index < -0.39 is 0 Å². The summed E-state index contributed by atoms with van der Waals surface area (Å²) in [5.74, 6) is 0. The molecule has 34 heavy (non-hydrogen) atoms. The molecule has 0 aliphatic carbocycles. The maximum absolute atomic E-state index is 6.35. The molecular weight excluding hydrogens is 460 g/mol. The predicted molar refractivity (Wildman–Crippen MR) is 152 cm³/mol. The first-order valence-corrected chi connectivity index (χ1v) is 13.7. The highest BCUT2D eigenvalue weighted by Gasteiger charge is 2.18. The van der Waals surface area contributed by atoms with E-state index in [4.69, 9.17) is 23.8 Å². The maximum atomic E-state index is 6.35. The fraction of sp³-hybridized carbons (Fsp3) is 0.536. The molecule has 186 valence electrons. The van der Waals surface area contributed by atoms with E-state index >= 15 is 0 Å². The highest BCUT2D eigenvalue weighted by atomic mass is 35.5. The molecule has 0 amide bonds. The van der Waals surface area contributed by atoms with Crippen LogP contribution in [0.5, 0.6) is 0 Å². The van der Waals surface area contributed by atoms with Gasteiger partial charge in [-0.3, -0.25) is 0 Å². The number of rotatable bonds is 11. The average molecular weight is 501 g/mol. The van der Waals surface area contributed by atoms with Gasteiger partial charge in [-0.1, -0.05) is 50.6 Å². The molecular formula is C28H41ClN4S. The van der Waals surface area contributed by atoms with Crippen LogP contribution in [0.4, 0.5) is 11.4 Å². The van der Waals surface area contributed by atoms with Crippen molar-refractivity contribution in [3.05, 3.63) is 58.1 Å². The second-order valence-electron chi connectivity index (χ2n) is 9.20. The molecule has 1 heterocycles. The molecule has 0 unspecified atom stereocenters. The molecule has 4 nitrogen and oxygen atoms in total. The summed E-state index contributed by atoms with van der Waals surface area (Å²) in [6.07, 6.45) is 4.66. The molecule has 0 aromatic heterocycles. The number of aryl methyl sites for hydroxylation is 1. The zero-order valence-electron chi connectivity index (χ0n) is 21.4. The normalized spacial score (nSPS) is 13.2. The molecule has 2 aromatic carbocycles. The summed E-state index contributed by atoms with van der Waals surface area (Å²) in [4.78, 5) is 7.32. The van der Waals surface area contributed by atoms with Gasteiger partial charge in [-0.25, -0.2) is 0 Å². The number of nitrogens with one attached hydrogen (secondary N) is 1. The number of fused-ring (bicyclic) bond motifs is 1. The predicted octanol–water partition coefficient (Wildman–Crippen LogP) is 6.74. The molecule has 6 heteroatoms. The van der Waals surface area contributed by atoms with Crippen LogP contribution >= 0.6 is 23.8 Å². The Kier molecular flexibility index (Phi) is 10.5. The lowest BCUT2D eigenvalue weighted by molar-refractivity contribution is 0.281. The van der Waals surface area contributed by atoms with E-state index in [-0.39, 0.29) is 0 Å². The smallest absolute Gasteiger partial charge is 0.173 e. The van der Waals surface area contributed by atoms with Crippen LogP contribution in [0, 0.1) is 6.92 Å². The van der Waals surface area contributed by atoms with Gasteiger partial charge in [0.15, 0.2) is 5.11 Å². The minimum absolute atomic E-state index is 0.757. The zero-order chi connectivity index (χ0) is 24.5. The van der Waals surface area contributed by atoms with Gasteiger partial charge in [0.1, 0.15) is 0 Å². The number of thiocarbonyl (C=S) groups is 1. The van der Waals surface area contributed by atoms with Crippen molar-refractivity contribution >= 4 is 40.3 Å². The van der Waals surface area contributed by atoms with Crippen molar-refractivity contribution in [1.82, 2.24) is 9.80 Å². The fourth-order valence-electron chi connectivity index (χ4n) is 4.76. The van der Waals surface area contributed by atoms with Crippen LogP contribution in [0.15, 0.2) is 36.4 Å². The second kappa shape index (κ2) is 13.3. The number of benzene rings is 2. The van der Waals surface area contributed by atoms with Crippen LogP contribution in [0.2, 0.25) is 5.02 Å². The van der Waals surface area contributed by atoms with Crippen LogP contribution in [0.25, 0.3) is 0 Å². The summed E-state index contributed by atoms with van der Waals surface area (Å²) < 4.78 is 0. The molecule has 1 N–H and O–H groups in total. The van der Waals surface area contributed by atoms with Crippen LogP contribution in [-0.4, -0.2) is 54.2 Å². The molecule has 0 spiro atoms. The molecule has 1 aliphatic heterocycles. The fourth-order valence-corrected chi connectivity index (χ4v) is 5.20. The van der Waals surface area contributed by atoms with Crippen LogP contribution in [0.1, 0.15) is 56.7 Å². The van der Waals surface area contributed by atoms with Gasteiger partial charge in [-0.2, -0.15) is 0 Å². The standard InChI is InChI=1S/C28H41ClN4S/c1-5-16-32-18-9-11-24-20-23(14-15-27(24)32)21-33(19-10-17-31(6-2)7-3)28(34)30-26-13-8-12-25(29)22(26)4/h8,12-15,20H,5-7,9-11,16-19,21H2,1-4H3,(H,30,34). The van der Waals surface area contributed by atoms with Gasteiger partial charge in [-0.05, 0) is 99.3 Å². The Morgan fingerprint density at radius 2 is 1.91 bits per heavy atom. The SMILES string of the molecule is CCCN1CCCc2cc(CN(CCCN(CC)CC)C(=S)Nc3cccc(Cl)c3C)ccc21. The maximum Gasteiger partial charge on any atom is 0.173 e. The van der Waals surface area contributed by atoms with Crippen molar-refractivity contribution in [2.45, 2.75) is 59.9 Å². The van der Waals surface area contributed by atoms with Gasteiger partial charge < -0.3 is 20.0 Å². The summed E-state index contributed by atoms with van der Waals surface area (Å²) >= 11 is 12.3. The summed E-state index contributed by atoms with van der Waals surface area (Å²) in [6, 6.07) is 13.0. The first-order chi connectivity index (χ1) is 16.5. The quantitative estimate of drug-likeness (QED) is 0.344. The van der Waals surface area contributed by atoms with E-state index in [0.717, 1.165) is 73.5 Å². The van der Waals surface area contributed by atoms with Crippen LogP contribution in [-0.2, 0) is 13.0 Å². The van der Waals surface area contributed by atoms with E-state index in [9.17, 15) is 0 Å². The number of nitrogens with zero attached hydrogens (tertiary/aromatic N) is 3. The number of hydrogen-bond donors (Lipinski definition) is 1. The zero-order valence-corrected chi connectivity index (χ0v) is 22.9. The summed E-state index contributed by atoms with van der Waals surface area (Å²) in [5, 5.41) is 4.99. The van der Waals surface area contributed by atoms with Crippen LogP contribution < -0.4 is 10.2 Å². The lowest BCUT2D eigenvalue weighted by atomic mass is 9.98. The summed E-state index contributed by atoms with van der Waals surface area (Å²) in [7, 11) is 0. The van der Waals surface area contributed by atoms with Crippen molar-refractivity contribution < 1.29 is 0 Å². The third-order valence-electron chi connectivity index (χ3n) is 6.82. The van der Waals surface area contributed by atoms with Crippen molar-refractivity contribution in [2.75, 3.05) is 49.5 Å². The molecule has 0 fully saturated rings. The highest BCUT2D eigenvalue weighted by Crippen LogP contribution is 2.29. The topological polar surface area (TPSA) is 21.8 Å². The Morgan fingerprint density at radius 3 is 2.65 bits per heavy atom. The van der Waals surface area contributed by atoms with E-state index in [1.54, 1.807) is 0 Å². The van der Waals surface area contributed by atoms with Crippen molar-refractivity contribution in [2.24, 2.45) is 0 Å². The Bertz CT molecular complexity index is 944. The monoisotopic (exact) mass is 500 g/mol. The summed E-state index contributed by atoms with van der Waals surface area (Å²) in [5.41, 5.74) is 6.23. The summed E-state index contributed by atoms with van der Waals surface area (Å²) in [6.45, 7) is 16.0. The lowest BCUT2D eigenvalue weighted by Crippen LogP contribution is -2.37. The average Bonchev–Trinajstić information content (AvgIpc) is 2.84. The Hall–Kier alpha value is -1.82. The molecule has 0 bridgehead atoms. The highest BCUT2D eigenvalue weighted by molar-refractivity contribution is 7.80. The van der Waals surface area contributed by atoms with E-state index in [2.05, 4.69) is 59.0 Å². The molecule has 0 saturated heterocycles. The Labute approximate surface area is 217 Å². The third kappa shape index (κ3) is 7.10. The number of anilines is 2. The van der Waals surface area contributed by atoms with E-state index in [0.29, 0.717) is 0 Å². The van der Waals surface area contributed by atoms with E-state index in [1.807, 2.05) is 25.1 Å². The second-order valence-corrected chi connectivity index (χ2v) is 9.99. The van der Waals surface area contributed by atoms with Crippen molar-refractivity contribution in [1.29, 1.82) is 0 Å².